The number of hydrogen-bond donors (Lipinski definition) is 1. The molecule has 2 aromatic rings. The van der Waals surface area contributed by atoms with E-state index in [1.165, 1.54) is 5.56 Å². The summed E-state index contributed by atoms with van der Waals surface area (Å²) in [4.78, 5) is 7.05. The quantitative estimate of drug-likeness (QED) is 0.884. The fourth-order valence-electron chi connectivity index (χ4n) is 2.85. The number of benzene rings is 1. The third kappa shape index (κ3) is 3.51. The van der Waals surface area contributed by atoms with Crippen molar-refractivity contribution in [2.24, 2.45) is 4.99 Å². The minimum absolute atomic E-state index is 0.194. The summed E-state index contributed by atoms with van der Waals surface area (Å²) < 4.78 is 1.10. The lowest BCUT2D eigenvalue weighted by molar-refractivity contribution is 0.164. The first-order chi connectivity index (χ1) is 10.6. The molecule has 22 heavy (non-hydrogen) atoms. The molecule has 1 aliphatic heterocycles. The van der Waals surface area contributed by atoms with Gasteiger partial charge >= 0.3 is 0 Å². The van der Waals surface area contributed by atoms with Crippen molar-refractivity contribution in [3.05, 3.63) is 64.2 Å². The highest BCUT2D eigenvalue weighted by atomic mass is 35.5. The molecule has 5 heteroatoms. The van der Waals surface area contributed by atoms with Gasteiger partial charge in [-0.3, -0.25) is 9.89 Å². The van der Waals surface area contributed by atoms with Crippen LogP contribution in [-0.4, -0.2) is 34.0 Å². The highest BCUT2D eigenvalue weighted by Gasteiger charge is 2.21. The molecule has 1 aromatic carbocycles. The number of rotatable bonds is 3. The van der Waals surface area contributed by atoms with Crippen LogP contribution < -0.4 is 5.49 Å². The number of aryl methyl sites for hydroxylation is 1. The van der Waals surface area contributed by atoms with E-state index in [0.717, 1.165) is 30.8 Å². The summed E-state index contributed by atoms with van der Waals surface area (Å²) in [5.74, 6) is 0. The van der Waals surface area contributed by atoms with E-state index in [4.69, 9.17) is 11.6 Å². The van der Waals surface area contributed by atoms with Crippen molar-refractivity contribution in [2.45, 2.75) is 25.9 Å². The molecular formula is C17H20ClN3O. The first-order valence-electron chi connectivity index (χ1n) is 7.50. The third-order valence-electron chi connectivity index (χ3n) is 3.98. The van der Waals surface area contributed by atoms with Gasteiger partial charge < -0.3 is 5.21 Å². The molecule has 0 amide bonds. The Labute approximate surface area is 135 Å². The number of nitrogens with zero attached hydrogens (tertiary/aromatic N) is 3. The van der Waals surface area contributed by atoms with Crippen molar-refractivity contribution in [3.63, 3.8) is 0 Å². The van der Waals surface area contributed by atoms with Crippen LogP contribution in [0.15, 0.2) is 47.5 Å². The molecule has 0 aliphatic carbocycles. The second kappa shape index (κ2) is 6.55. The fourth-order valence-corrected chi connectivity index (χ4v) is 3.10. The summed E-state index contributed by atoms with van der Waals surface area (Å²) in [5, 5.41) is 10.6. The van der Waals surface area contributed by atoms with E-state index in [-0.39, 0.29) is 6.04 Å². The van der Waals surface area contributed by atoms with Gasteiger partial charge in [-0.25, -0.2) is 0 Å². The average Bonchev–Trinajstić information content (AvgIpc) is 2.92. The summed E-state index contributed by atoms with van der Waals surface area (Å²) in [6.07, 6.45) is 0.998. The van der Waals surface area contributed by atoms with Crippen molar-refractivity contribution in [2.75, 3.05) is 13.1 Å². The topological polar surface area (TPSA) is 40.8 Å². The molecule has 0 saturated carbocycles. The maximum Gasteiger partial charge on any atom is 0.165 e. The second-order valence-electron chi connectivity index (χ2n) is 5.78. The Bertz CT molecular complexity index is 712. The molecule has 116 valence electrons. The number of pyridine rings is 1. The monoisotopic (exact) mass is 317 g/mol. The smallest absolute Gasteiger partial charge is 0.165 e. The van der Waals surface area contributed by atoms with Gasteiger partial charge in [-0.1, -0.05) is 41.9 Å². The van der Waals surface area contributed by atoms with Crippen LogP contribution in [0.2, 0.25) is 5.02 Å². The molecular weight excluding hydrogens is 298 g/mol. The van der Waals surface area contributed by atoms with E-state index < -0.39 is 0 Å². The van der Waals surface area contributed by atoms with E-state index in [1.807, 2.05) is 6.07 Å². The van der Waals surface area contributed by atoms with Crippen molar-refractivity contribution in [1.29, 1.82) is 0 Å². The molecule has 0 spiro atoms. The average molecular weight is 318 g/mol. The van der Waals surface area contributed by atoms with Crippen LogP contribution in [0.25, 0.3) is 0 Å². The van der Waals surface area contributed by atoms with Crippen molar-refractivity contribution < 1.29 is 5.21 Å². The molecule has 0 bridgehead atoms. The summed E-state index contributed by atoms with van der Waals surface area (Å²) in [6.45, 7) is 4.68. The van der Waals surface area contributed by atoms with Gasteiger partial charge in [-0.15, -0.1) is 0 Å². The van der Waals surface area contributed by atoms with E-state index in [9.17, 15) is 5.21 Å². The Balaban J connectivity index is 1.72. The number of likely N-dealkylation sites (tertiary alicyclic amines) is 1. The SMILES string of the molecule is Cc1cc(Cl)cc(=N[C@H]2CCN(Cc3ccccc3)C2)n1O. The van der Waals surface area contributed by atoms with Crippen LogP contribution in [0.3, 0.4) is 0 Å². The molecule has 1 N–H and O–H groups in total. The molecule has 2 heterocycles. The predicted octanol–water partition coefficient (Wildman–Crippen LogP) is 2.86. The number of halogens is 1. The molecule has 3 rings (SSSR count). The van der Waals surface area contributed by atoms with Crippen LogP contribution in [0.4, 0.5) is 0 Å². The van der Waals surface area contributed by atoms with Gasteiger partial charge in [-0.05, 0) is 25.0 Å². The number of hydrogen-bond acceptors (Lipinski definition) is 3. The van der Waals surface area contributed by atoms with E-state index in [1.54, 1.807) is 19.1 Å². The van der Waals surface area contributed by atoms with E-state index in [2.05, 4.69) is 34.2 Å². The van der Waals surface area contributed by atoms with Gasteiger partial charge in [0.05, 0.1) is 11.7 Å². The van der Waals surface area contributed by atoms with Crippen LogP contribution in [0, 0.1) is 6.92 Å². The predicted molar refractivity (Wildman–Crippen MR) is 87.1 cm³/mol. The fraction of sp³-hybridized carbons (Fsp3) is 0.353. The largest absolute Gasteiger partial charge is 0.427 e. The van der Waals surface area contributed by atoms with E-state index in [0.29, 0.717) is 16.2 Å². The molecule has 1 atom stereocenters. The molecule has 1 aliphatic rings. The zero-order valence-electron chi connectivity index (χ0n) is 12.6. The van der Waals surface area contributed by atoms with E-state index >= 15 is 0 Å². The van der Waals surface area contributed by atoms with Gasteiger partial charge in [0.25, 0.3) is 0 Å². The molecule has 1 aromatic heterocycles. The van der Waals surface area contributed by atoms with Gasteiger partial charge in [0, 0.05) is 30.7 Å². The Morgan fingerprint density at radius 1 is 1.27 bits per heavy atom. The Kier molecular flexibility index (Phi) is 4.50. The normalized spacial score (nSPS) is 19.7. The van der Waals surface area contributed by atoms with Crippen LogP contribution >= 0.6 is 11.6 Å². The molecule has 4 nitrogen and oxygen atoms in total. The van der Waals surface area contributed by atoms with Gasteiger partial charge in [0.2, 0.25) is 0 Å². The highest BCUT2D eigenvalue weighted by Crippen LogP contribution is 2.15. The summed E-state index contributed by atoms with van der Waals surface area (Å²) in [7, 11) is 0. The maximum absolute atomic E-state index is 10.0. The van der Waals surface area contributed by atoms with Crippen LogP contribution in [-0.2, 0) is 6.54 Å². The first-order valence-corrected chi connectivity index (χ1v) is 7.88. The summed E-state index contributed by atoms with van der Waals surface area (Å²) in [5.41, 5.74) is 2.53. The summed E-state index contributed by atoms with van der Waals surface area (Å²) in [6, 6.07) is 14.1. The zero-order valence-corrected chi connectivity index (χ0v) is 13.4. The van der Waals surface area contributed by atoms with Gasteiger partial charge in [0.1, 0.15) is 0 Å². The lowest BCUT2D eigenvalue weighted by Crippen LogP contribution is -2.25. The number of aromatic nitrogens is 1. The lowest BCUT2D eigenvalue weighted by atomic mass is 10.2. The molecule has 0 radical (unpaired) electrons. The van der Waals surface area contributed by atoms with Crippen LogP contribution in [0.5, 0.6) is 0 Å². The third-order valence-corrected chi connectivity index (χ3v) is 4.19. The molecule has 1 saturated heterocycles. The van der Waals surface area contributed by atoms with Crippen molar-refractivity contribution >= 4 is 11.6 Å². The molecule has 0 unspecified atom stereocenters. The van der Waals surface area contributed by atoms with Gasteiger partial charge in [0.15, 0.2) is 5.49 Å². The first kappa shape index (κ1) is 15.1. The zero-order chi connectivity index (χ0) is 15.5. The molecule has 1 fully saturated rings. The van der Waals surface area contributed by atoms with Gasteiger partial charge in [-0.2, -0.15) is 4.73 Å². The maximum atomic E-state index is 10.0. The second-order valence-corrected chi connectivity index (χ2v) is 6.21. The Morgan fingerprint density at radius 3 is 2.82 bits per heavy atom. The standard InChI is InChI=1S/C17H20ClN3O/c1-13-9-15(18)10-17(21(13)22)19-16-7-8-20(12-16)11-14-5-3-2-4-6-14/h2-6,9-10,16,22H,7-8,11-12H2,1H3/t16-/m0/s1. The summed E-state index contributed by atoms with van der Waals surface area (Å²) >= 11 is 6.05. The Morgan fingerprint density at radius 2 is 2.05 bits per heavy atom. The Hall–Kier alpha value is -1.78. The highest BCUT2D eigenvalue weighted by molar-refractivity contribution is 6.30. The minimum atomic E-state index is 0.194. The van der Waals surface area contributed by atoms with Crippen molar-refractivity contribution in [1.82, 2.24) is 9.63 Å². The van der Waals surface area contributed by atoms with Crippen molar-refractivity contribution in [3.8, 4) is 0 Å². The lowest BCUT2D eigenvalue weighted by Gasteiger charge is -2.14. The van der Waals surface area contributed by atoms with Crippen LogP contribution in [0.1, 0.15) is 17.7 Å². The minimum Gasteiger partial charge on any atom is -0.427 e.